The predicted octanol–water partition coefficient (Wildman–Crippen LogP) is 2.19. The second-order valence-corrected chi connectivity index (χ2v) is 6.09. The van der Waals surface area contributed by atoms with Crippen molar-refractivity contribution in [3.8, 4) is 0 Å². The van der Waals surface area contributed by atoms with Gasteiger partial charge in [-0.2, -0.15) is 0 Å². The van der Waals surface area contributed by atoms with Gasteiger partial charge in [0, 0.05) is 19.3 Å². The fourth-order valence-electron chi connectivity index (χ4n) is 2.42. The van der Waals surface area contributed by atoms with Crippen molar-refractivity contribution >= 4 is 17.6 Å². The van der Waals surface area contributed by atoms with E-state index in [1.54, 1.807) is 11.8 Å². The van der Waals surface area contributed by atoms with Crippen molar-refractivity contribution in [2.24, 2.45) is 5.92 Å². The van der Waals surface area contributed by atoms with Crippen molar-refractivity contribution in [1.29, 1.82) is 0 Å². The van der Waals surface area contributed by atoms with Crippen LogP contribution >= 0.6 is 11.8 Å². The lowest BCUT2D eigenvalue weighted by atomic mass is 9.83. The summed E-state index contributed by atoms with van der Waals surface area (Å²) in [5.41, 5.74) is -0.567. The number of hydrogen-bond donors (Lipinski definition) is 1. The van der Waals surface area contributed by atoms with Gasteiger partial charge in [-0.1, -0.05) is 11.8 Å². The quantitative estimate of drug-likeness (QED) is 0.672. The summed E-state index contributed by atoms with van der Waals surface area (Å²) in [6.45, 7) is 5.73. The number of hydrogen-bond acceptors (Lipinski definition) is 5. The van der Waals surface area contributed by atoms with Gasteiger partial charge in [0.15, 0.2) is 5.16 Å². The molecule has 100 valence electrons. The standard InChI is InChI=1S/C13H21N3OS/c1-13(2,17)10-5-8-16(9-6-10)11-4-7-14-12(15-11)18-3/h4,7,10,17H,5-6,8-9H2,1-3H3. The Kier molecular flexibility index (Phi) is 4.12. The third kappa shape index (κ3) is 3.14. The lowest BCUT2D eigenvalue weighted by Crippen LogP contribution is -2.42. The molecule has 0 saturated carbocycles. The lowest BCUT2D eigenvalue weighted by molar-refractivity contribution is 0.00645. The summed E-state index contributed by atoms with van der Waals surface area (Å²) in [5.74, 6) is 1.39. The highest BCUT2D eigenvalue weighted by molar-refractivity contribution is 7.98. The molecule has 0 radical (unpaired) electrons. The van der Waals surface area contributed by atoms with Crippen molar-refractivity contribution in [2.75, 3.05) is 24.2 Å². The molecule has 0 bridgehead atoms. The van der Waals surface area contributed by atoms with Crippen molar-refractivity contribution in [3.63, 3.8) is 0 Å². The summed E-state index contributed by atoms with van der Waals surface area (Å²) in [7, 11) is 0. The van der Waals surface area contributed by atoms with Crippen LogP contribution in [0, 0.1) is 5.92 Å². The largest absolute Gasteiger partial charge is 0.390 e. The van der Waals surface area contributed by atoms with E-state index in [9.17, 15) is 5.11 Å². The summed E-state index contributed by atoms with van der Waals surface area (Å²) >= 11 is 1.56. The molecule has 1 fully saturated rings. The number of thioether (sulfide) groups is 1. The minimum absolute atomic E-state index is 0.385. The highest BCUT2D eigenvalue weighted by atomic mass is 32.2. The van der Waals surface area contributed by atoms with E-state index in [0.29, 0.717) is 5.92 Å². The number of piperidine rings is 1. The SMILES string of the molecule is CSc1nccc(N2CCC(C(C)(C)O)CC2)n1. The average molecular weight is 267 g/mol. The van der Waals surface area contributed by atoms with Gasteiger partial charge in [-0.15, -0.1) is 0 Å². The second-order valence-electron chi connectivity index (χ2n) is 5.32. The van der Waals surface area contributed by atoms with E-state index in [4.69, 9.17) is 0 Å². The first-order valence-corrected chi connectivity index (χ1v) is 7.57. The summed E-state index contributed by atoms with van der Waals surface area (Å²) in [4.78, 5) is 11.0. The van der Waals surface area contributed by atoms with Crippen LogP contribution in [0.1, 0.15) is 26.7 Å². The van der Waals surface area contributed by atoms with E-state index >= 15 is 0 Å². The van der Waals surface area contributed by atoms with Crippen molar-refractivity contribution < 1.29 is 5.11 Å². The van der Waals surface area contributed by atoms with Gasteiger partial charge in [-0.05, 0) is 44.9 Å². The zero-order chi connectivity index (χ0) is 13.2. The second kappa shape index (κ2) is 5.45. The molecule has 1 saturated heterocycles. The molecule has 1 aliphatic rings. The zero-order valence-corrected chi connectivity index (χ0v) is 12.1. The Bertz CT molecular complexity index is 397. The Labute approximate surface area is 113 Å². The molecule has 0 aromatic carbocycles. The monoisotopic (exact) mass is 267 g/mol. The summed E-state index contributed by atoms with van der Waals surface area (Å²) in [6.07, 6.45) is 5.83. The molecule has 0 unspecified atom stereocenters. The maximum atomic E-state index is 10.0. The molecule has 1 aromatic rings. The number of rotatable bonds is 3. The first kappa shape index (κ1) is 13.6. The molecule has 1 N–H and O–H groups in total. The van der Waals surface area contributed by atoms with Crippen LogP contribution in [0.25, 0.3) is 0 Å². The van der Waals surface area contributed by atoms with Gasteiger partial charge in [0.2, 0.25) is 0 Å². The Morgan fingerprint density at radius 1 is 1.39 bits per heavy atom. The van der Waals surface area contributed by atoms with E-state index in [1.807, 2.05) is 32.4 Å². The number of anilines is 1. The van der Waals surface area contributed by atoms with Gasteiger partial charge in [0.05, 0.1) is 5.60 Å². The van der Waals surface area contributed by atoms with E-state index in [-0.39, 0.29) is 0 Å². The summed E-state index contributed by atoms with van der Waals surface area (Å²) < 4.78 is 0. The molecular weight excluding hydrogens is 246 g/mol. The number of nitrogens with zero attached hydrogens (tertiary/aromatic N) is 3. The van der Waals surface area contributed by atoms with Crippen LogP contribution in [0.5, 0.6) is 0 Å². The predicted molar refractivity (Wildman–Crippen MR) is 75.0 cm³/mol. The van der Waals surface area contributed by atoms with Crippen LogP contribution in [0.4, 0.5) is 5.82 Å². The zero-order valence-electron chi connectivity index (χ0n) is 11.3. The van der Waals surface area contributed by atoms with Crippen molar-refractivity contribution in [3.05, 3.63) is 12.3 Å². The lowest BCUT2D eigenvalue weighted by Gasteiger charge is -2.38. The maximum absolute atomic E-state index is 10.0. The minimum atomic E-state index is -0.567. The molecule has 1 aliphatic heterocycles. The van der Waals surface area contributed by atoms with Crippen LogP contribution in [0.15, 0.2) is 17.4 Å². The topological polar surface area (TPSA) is 49.2 Å². The number of aromatic nitrogens is 2. The van der Waals surface area contributed by atoms with Crippen molar-refractivity contribution in [2.45, 2.75) is 37.4 Å². The molecule has 0 spiro atoms. The Balaban J connectivity index is 2.01. The molecular formula is C13H21N3OS. The van der Waals surface area contributed by atoms with Crippen LogP contribution in [0.2, 0.25) is 0 Å². The van der Waals surface area contributed by atoms with Gasteiger partial charge < -0.3 is 10.0 Å². The van der Waals surface area contributed by atoms with Crippen LogP contribution in [-0.2, 0) is 0 Å². The highest BCUT2D eigenvalue weighted by Crippen LogP contribution is 2.29. The average Bonchev–Trinajstić information content (AvgIpc) is 2.38. The molecule has 0 aliphatic carbocycles. The highest BCUT2D eigenvalue weighted by Gasteiger charge is 2.30. The van der Waals surface area contributed by atoms with Crippen LogP contribution in [-0.4, -0.2) is 40.0 Å². The van der Waals surface area contributed by atoms with Crippen LogP contribution in [0.3, 0.4) is 0 Å². The van der Waals surface area contributed by atoms with Gasteiger partial charge >= 0.3 is 0 Å². The van der Waals surface area contributed by atoms with Crippen molar-refractivity contribution in [1.82, 2.24) is 9.97 Å². The molecule has 2 rings (SSSR count). The molecule has 2 heterocycles. The third-order valence-corrected chi connectivity index (χ3v) is 4.18. The third-order valence-electron chi connectivity index (χ3n) is 3.62. The van der Waals surface area contributed by atoms with E-state index in [0.717, 1.165) is 36.9 Å². The Morgan fingerprint density at radius 3 is 2.61 bits per heavy atom. The van der Waals surface area contributed by atoms with Gasteiger partial charge in [-0.25, -0.2) is 9.97 Å². The summed E-state index contributed by atoms with van der Waals surface area (Å²) in [6, 6.07) is 1.96. The minimum Gasteiger partial charge on any atom is -0.390 e. The molecule has 5 heteroatoms. The van der Waals surface area contributed by atoms with E-state index < -0.39 is 5.60 Å². The smallest absolute Gasteiger partial charge is 0.189 e. The first-order valence-electron chi connectivity index (χ1n) is 6.35. The Morgan fingerprint density at radius 2 is 2.06 bits per heavy atom. The van der Waals surface area contributed by atoms with E-state index in [1.165, 1.54) is 0 Å². The first-order chi connectivity index (χ1) is 8.50. The molecule has 1 aromatic heterocycles. The van der Waals surface area contributed by atoms with Gasteiger partial charge in [0.25, 0.3) is 0 Å². The van der Waals surface area contributed by atoms with E-state index in [2.05, 4.69) is 14.9 Å². The molecule has 18 heavy (non-hydrogen) atoms. The molecule has 0 atom stereocenters. The Hall–Kier alpha value is -0.810. The fourth-order valence-corrected chi connectivity index (χ4v) is 2.77. The maximum Gasteiger partial charge on any atom is 0.189 e. The van der Waals surface area contributed by atoms with Gasteiger partial charge in [0.1, 0.15) is 5.82 Å². The van der Waals surface area contributed by atoms with Gasteiger partial charge in [-0.3, -0.25) is 0 Å². The normalized spacial score (nSPS) is 18.1. The summed E-state index contributed by atoms with van der Waals surface area (Å²) in [5, 5.41) is 10.9. The fraction of sp³-hybridized carbons (Fsp3) is 0.692. The number of aliphatic hydroxyl groups is 1. The molecule has 4 nitrogen and oxygen atoms in total. The van der Waals surface area contributed by atoms with Crippen LogP contribution < -0.4 is 4.90 Å². The molecule has 0 amide bonds.